The largest absolute Gasteiger partial charge is 0.338 e. The third-order valence-electron chi connectivity index (χ3n) is 3.83. The molecule has 0 amide bonds. The maximum Gasteiger partial charge on any atom is 0.239 e. The molecule has 8 heteroatoms. The Bertz CT molecular complexity index is 985. The molecule has 0 aliphatic heterocycles. The van der Waals surface area contributed by atoms with Gasteiger partial charge < -0.3 is 9.09 Å². The molecule has 0 aliphatic carbocycles. The van der Waals surface area contributed by atoms with E-state index in [1.807, 2.05) is 37.6 Å². The van der Waals surface area contributed by atoms with Crippen molar-refractivity contribution < 1.29 is 4.52 Å². The molecule has 3 aromatic heterocycles. The van der Waals surface area contributed by atoms with E-state index >= 15 is 0 Å². The molecular formula is C15H16N6OS. The van der Waals surface area contributed by atoms with Crippen LogP contribution in [0.1, 0.15) is 30.8 Å². The van der Waals surface area contributed by atoms with Gasteiger partial charge in [0.05, 0.1) is 16.3 Å². The van der Waals surface area contributed by atoms with Gasteiger partial charge in [-0.2, -0.15) is 4.98 Å². The van der Waals surface area contributed by atoms with Crippen LogP contribution in [0.4, 0.5) is 0 Å². The number of thioether (sulfide) groups is 1. The molecule has 0 fully saturated rings. The SMILES string of the molecule is CCc1noc(C(C)Sc2nnc3n(C)c4ccccc4n23)n1. The first-order valence-electron chi connectivity index (χ1n) is 7.46. The second-order valence-corrected chi connectivity index (χ2v) is 6.64. The minimum atomic E-state index is 0.00849. The minimum Gasteiger partial charge on any atom is -0.338 e. The fourth-order valence-corrected chi connectivity index (χ4v) is 3.48. The molecule has 1 unspecified atom stereocenters. The van der Waals surface area contributed by atoms with Gasteiger partial charge >= 0.3 is 0 Å². The van der Waals surface area contributed by atoms with Crippen molar-refractivity contribution in [1.82, 2.24) is 29.3 Å². The normalized spacial score (nSPS) is 13.2. The number of benzene rings is 1. The van der Waals surface area contributed by atoms with Gasteiger partial charge in [0, 0.05) is 13.5 Å². The summed E-state index contributed by atoms with van der Waals surface area (Å²) in [6, 6.07) is 8.19. The van der Waals surface area contributed by atoms with Crippen molar-refractivity contribution in [3.63, 3.8) is 0 Å². The molecule has 1 aromatic carbocycles. The molecule has 4 rings (SSSR count). The number of fused-ring (bicyclic) bond motifs is 3. The Kier molecular flexibility index (Phi) is 3.33. The first kappa shape index (κ1) is 14.3. The van der Waals surface area contributed by atoms with Gasteiger partial charge in [0.25, 0.3) is 0 Å². The lowest BCUT2D eigenvalue weighted by molar-refractivity contribution is 0.375. The minimum absolute atomic E-state index is 0.00849. The quantitative estimate of drug-likeness (QED) is 0.536. The summed E-state index contributed by atoms with van der Waals surface area (Å²) in [5.41, 5.74) is 2.21. The van der Waals surface area contributed by atoms with E-state index in [4.69, 9.17) is 4.52 Å². The molecule has 0 saturated heterocycles. The van der Waals surface area contributed by atoms with E-state index in [9.17, 15) is 0 Å². The highest BCUT2D eigenvalue weighted by molar-refractivity contribution is 7.99. The van der Waals surface area contributed by atoms with Crippen LogP contribution < -0.4 is 0 Å². The molecule has 1 atom stereocenters. The summed E-state index contributed by atoms with van der Waals surface area (Å²) in [5, 5.41) is 13.4. The summed E-state index contributed by atoms with van der Waals surface area (Å²) in [5.74, 6) is 2.16. The highest BCUT2D eigenvalue weighted by Gasteiger charge is 2.21. The zero-order valence-corrected chi connectivity index (χ0v) is 13.9. The number of rotatable bonds is 4. The van der Waals surface area contributed by atoms with Crippen molar-refractivity contribution in [1.29, 1.82) is 0 Å². The zero-order chi connectivity index (χ0) is 16.0. The van der Waals surface area contributed by atoms with Crippen LogP contribution in [0.15, 0.2) is 33.9 Å². The predicted octanol–water partition coefficient (Wildman–Crippen LogP) is 3.02. The highest BCUT2D eigenvalue weighted by Crippen LogP contribution is 2.34. The van der Waals surface area contributed by atoms with Gasteiger partial charge in [-0.15, -0.1) is 10.2 Å². The molecule has 118 valence electrons. The van der Waals surface area contributed by atoms with Crippen molar-refractivity contribution in [3.05, 3.63) is 36.0 Å². The molecule has 23 heavy (non-hydrogen) atoms. The Morgan fingerprint density at radius 2 is 2.00 bits per heavy atom. The maximum absolute atomic E-state index is 5.33. The summed E-state index contributed by atoms with van der Waals surface area (Å²) in [6.45, 7) is 4.04. The number of hydrogen-bond donors (Lipinski definition) is 0. The van der Waals surface area contributed by atoms with Gasteiger partial charge in [-0.25, -0.2) is 0 Å². The molecule has 0 bridgehead atoms. The average molecular weight is 328 g/mol. The number of aromatic nitrogens is 6. The van der Waals surface area contributed by atoms with Crippen molar-refractivity contribution >= 4 is 28.6 Å². The van der Waals surface area contributed by atoms with E-state index in [0.29, 0.717) is 5.89 Å². The number of imidazole rings is 1. The van der Waals surface area contributed by atoms with E-state index in [1.165, 1.54) is 0 Å². The number of aryl methyl sites for hydroxylation is 2. The topological polar surface area (TPSA) is 74.0 Å². The van der Waals surface area contributed by atoms with Crippen molar-refractivity contribution in [3.8, 4) is 0 Å². The van der Waals surface area contributed by atoms with Crippen LogP contribution in [0.3, 0.4) is 0 Å². The molecule has 3 heterocycles. The van der Waals surface area contributed by atoms with Gasteiger partial charge in [-0.05, 0) is 19.1 Å². The molecule has 7 nitrogen and oxygen atoms in total. The lowest BCUT2D eigenvalue weighted by Crippen LogP contribution is -1.93. The molecule has 0 aliphatic rings. The third-order valence-corrected chi connectivity index (χ3v) is 4.86. The first-order valence-corrected chi connectivity index (χ1v) is 8.34. The Morgan fingerprint density at radius 1 is 1.22 bits per heavy atom. The predicted molar refractivity (Wildman–Crippen MR) is 87.4 cm³/mol. The summed E-state index contributed by atoms with van der Waals surface area (Å²) in [4.78, 5) is 4.40. The van der Waals surface area contributed by atoms with Crippen LogP contribution in [0.25, 0.3) is 16.8 Å². The van der Waals surface area contributed by atoms with Gasteiger partial charge in [0.2, 0.25) is 11.7 Å². The Balaban J connectivity index is 1.75. The third kappa shape index (κ3) is 2.21. The molecule has 0 spiro atoms. The monoisotopic (exact) mass is 328 g/mol. The standard InChI is InChI=1S/C15H16N6OS/c1-4-12-16-13(22-19-12)9(2)23-15-18-17-14-20(3)10-7-5-6-8-11(10)21(14)15/h5-9H,4H2,1-3H3. The Hall–Kier alpha value is -2.35. The fraction of sp³-hybridized carbons (Fsp3) is 0.333. The highest BCUT2D eigenvalue weighted by atomic mass is 32.2. The molecule has 0 saturated carbocycles. The second kappa shape index (κ2) is 5.38. The van der Waals surface area contributed by atoms with Gasteiger partial charge in [0.1, 0.15) is 0 Å². The van der Waals surface area contributed by atoms with E-state index in [-0.39, 0.29) is 5.25 Å². The molecule has 0 radical (unpaired) electrons. The number of para-hydroxylation sites is 2. The number of hydrogen-bond acceptors (Lipinski definition) is 6. The van der Waals surface area contributed by atoms with Gasteiger partial charge in [-0.1, -0.05) is 36.0 Å². The molecule has 0 N–H and O–H groups in total. The smallest absolute Gasteiger partial charge is 0.239 e. The van der Waals surface area contributed by atoms with E-state index < -0.39 is 0 Å². The fourth-order valence-electron chi connectivity index (χ4n) is 2.60. The Morgan fingerprint density at radius 3 is 2.74 bits per heavy atom. The molecular weight excluding hydrogens is 312 g/mol. The van der Waals surface area contributed by atoms with Crippen LogP contribution in [0.2, 0.25) is 0 Å². The Labute approximate surface area is 136 Å². The summed E-state index contributed by atoms with van der Waals surface area (Å²) >= 11 is 1.56. The molecule has 4 aromatic rings. The van der Waals surface area contributed by atoms with Crippen molar-refractivity contribution in [2.75, 3.05) is 0 Å². The number of nitrogens with zero attached hydrogens (tertiary/aromatic N) is 6. The van der Waals surface area contributed by atoms with Crippen molar-refractivity contribution in [2.24, 2.45) is 7.05 Å². The summed E-state index contributed by atoms with van der Waals surface area (Å²) in [6.07, 6.45) is 0.763. The van der Waals surface area contributed by atoms with Crippen LogP contribution in [0.5, 0.6) is 0 Å². The summed E-state index contributed by atoms with van der Waals surface area (Å²) < 4.78 is 9.43. The lowest BCUT2D eigenvalue weighted by Gasteiger charge is -2.03. The van der Waals surface area contributed by atoms with Crippen LogP contribution in [0, 0.1) is 0 Å². The van der Waals surface area contributed by atoms with E-state index in [2.05, 4.69) is 36.9 Å². The van der Waals surface area contributed by atoms with E-state index in [1.54, 1.807) is 11.8 Å². The van der Waals surface area contributed by atoms with Crippen LogP contribution in [-0.4, -0.2) is 29.3 Å². The second-order valence-electron chi connectivity index (χ2n) is 5.33. The average Bonchev–Trinajstić information content (AvgIpc) is 3.26. The lowest BCUT2D eigenvalue weighted by atomic mass is 10.3. The van der Waals surface area contributed by atoms with Crippen LogP contribution in [-0.2, 0) is 13.5 Å². The van der Waals surface area contributed by atoms with E-state index in [0.717, 1.165) is 34.2 Å². The summed E-state index contributed by atoms with van der Waals surface area (Å²) in [7, 11) is 2.00. The zero-order valence-electron chi connectivity index (χ0n) is 13.1. The van der Waals surface area contributed by atoms with Gasteiger partial charge in [0.15, 0.2) is 11.0 Å². The maximum atomic E-state index is 5.33. The first-order chi connectivity index (χ1) is 11.2. The van der Waals surface area contributed by atoms with Gasteiger partial charge in [-0.3, -0.25) is 4.40 Å². The van der Waals surface area contributed by atoms with Crippen molar-refractivity contribution in [2.45, 2.75) is 30.7 Å². The van der Waals surface area contributed by atoms with Crippen LogP contribution >= 0.6 is 11.8 Å².